The zero-order valence-electron chi connectivity index (χ0n) is 26.2. The second-order valence-electron chi connectivity index (χ2n) is 13.2. The fraction of sp³-hybridized carbons (Fsp3) is 0.122. The van der Waals surface area contributed by atoms with Gasteiger partial charge in [-0.3, -0.25) is 4.98 Å². The number of hydrogen-bond acceptors (Lipinski definition) is 3. The summed E-state index contributed by atoms with van der Waals surface area (Å²) in [4.78, 5) is 13.9. The monoisotopic (exact) mass is 596 g/mol. The van der Waals surface area contributed by atoms with E-state index < -0.39 is 0 Å². The zero-order valence-corrected chi connectivity index (χ0v) is 26.2. The predicted molar refractivity (Wildman–Crippen MR) is 190 cm³/mol. The van der Waals surface area contributed by atoms with Crippen LogP contribution >= 0.6 is 0 Å². The molecule has 0 fully saturated rings. The molecule has 4 aromatic heterocycles. The smallest absolute Gasteiger partial charge is 0.144 e. The third kappa shape index (κ3) is 3.94. The molecule has 5 aromatic carbocycles. The first-order chi connectivity index (χ1) is 22.3. The van der Waals surface area contributed by atoms with Crippen molar-refractivity contribution in [2.45, 2.75) is 26.2 Å². The van der Waals surface area contributed by atoms with Crippen LogP contribution in [0.25, 0.3) is 88.5 Å². The summed E-state index contributed by atoms with van der Waals surface area (Å²) in [5, 5.41) is 4.61. The third-order valence-electron chi connectivity index (χ3n) is 9.36. The molecule has 222 valence electrons. The van der Waals surface area contributed by atoms with Gasteiger partial charge in [-0.2, -0.15) is 0 Å². The van der Waals surface area contributed by atoms with Crippen molar-refractivity contribution in [1.82, 2.24) is 19.5 Å². The van der Waals surface area contributed by atoms with E-state index >= 15 is 0 Å². The Bertz CT molecular complexity index is 2630. The van der Waals surface area contributed by atoms with Crippen LogP contribution in [-0.4, -0.2) is 19.5 Å². The van der Waals surface area contributed by atoms with Crippen LogP contribution in [0.2, 0.25) is 0 Å². The van der Waals surface area contributed by atoms with Crippen LogP contribution in [0.5, 0.6) is 0 Å². The summed E-state index contributed by atoms with van der Waals surface area (Å²) in [5.41, 5.74) is 12.4. The summed E-state index contributed by atoms with van der Waals surface area (Å²) in [6.07, 6.45) is 1.83. The number of H-pyrrole nitrogens is 1. The molecule has 5 nitrogen and oxygen atoms in total. The van der Waals surface area contributed by atoms with Crippen LogP contribution in [0.4, 0.5) is 0 Å². The van der Waals surface area contributed by atoms with Crippen LogP contribution in [-0.2, 0) is 12.5 Å². The van der Waals surface area contributed by atoms with Crippen LogP contribution in [0, 0.1) is 0 Å². The fourth-order valence-electron chi connectivity index (χ4n) is 6.94. The van der Waals surface area contributed by atoms with Gasteiger partial charge in [0.15, 0.2) is 0 Å². The van der Waals surface area contributed by atoms with Crippen LogP contribution in [0.3, 0.4) is 0 Å². The van der Waals surface area contributed by atoms with E-state index in [0.717, 1.165) is 77.8 Å². The SMILES string of the molecule is Cn1c(-c2cc(C(C)(C)C)cc3c2[nH]c2ccccc23)nc2c(-c3cc(-c4ccccn4)c4oc5ccccc5c4c3)cccc21. The molecule has 0 saturated heterocycles. The van der Waals surface area contributed by atoms with Gasteiger partial charge in [-0.25, -0.2) is 4.98 Å². The molecule has 0 aliphatic carbocycles. The van der Waals surface area contributed by atoms with Gasteiger partial charge >= 0.3 is 0 Å². The average molecular weight is 597 g/mol. The van der Waals surface area contributed by atoms with E-state index in [0.29, 0.717) is 0 Å². The van der Waals surface area contributed by atoms with E-state index in [9.17, 15) is 0 Å². The van der Waals surface area contributed by atoms with Crippen molar-refractivity contribution in [1.29, 1.82) is 0 Å². The van der Waals surface area contributed by atoms with E-state index in [4.69, 9.17) is 14.4 Å². The van der Waals surface area contributed by atoms with E-state index in [1.165, 1.54) is 16.3 Å². The largest absolute Gasteiger partial charge is 0.455 e. The highest BCUT2D eigenvalue weighted by Gasteiger charge is 2.23. The highest BCUT2D eigenvalue weighted by atomic mass is 16.3. The number of benzene rings is 5. The molecular weight excluding hydrogens is 564 g/mol. The van der Waals surface area contributed by atoms with Crippen LogP contribution < -0.4 is 0 Å². The molecule has 0 spiro atoms. The predicted octanol–water partition coefficient (Wildman–Crippen LogP) is 10.8. The van der Waals surface area contributed by atoms with Crippen molar-refractivity contribution >= 4 is 54.8 Å². The number of fused-ring (bicyclic) bond motifs is 7. The van der Waals surface area contributed by atoms with Crippen molar-refractivity contribution in [3.63, 3.8) is 0 Å². The number of aromatic amines is 1. The normalized spacial score (nSPS) is 12.3. The first-order valence-electron chi connectivity index (χ1n) is 15.7. The Hall–Kier alpha value is -5.68. The Morgan fingerprint density at radius 1 is 0.696 bits per heavy atom. The Kier molecular flexibility index (Phi) is 5.61. The van der Waals surface area contributed by atoms with Gasteiger partial charge in [0.05, 0.1) is 22.2 Å². The number of rotatable bonds is 3. The molecule has 0 unspecified atom stereocenters. The molecule has 0 aliphatic heterocycles. The van der Waals surface area contributed by atoms with Gasteiger partial charge in [0.25, 0.3) is 0 Å². The van der Waals surface area contributed by atoms with Crippen molar-refractivity contribution in [3.05, 3.63) is 121 Å². The Balaban J connectivity index is 1.33. The average Bonchev–Trinajstić information content (AvgIpc) is 3.75. The summed E-state index contributed by atoms with van der Waals surface area (Å²) >= 11 is 0. The summed E-state index contributed by atoms with van der Waals surface area (Å²) < 4.78 is 8.67. The minimum atomic E-state index is -0.0261. The van der Waals surface area contributed by atoms with E-state index in [-0.39, 0.29) is 5.41 Å². The van der Waals surface area contributed by atoms with E-state index in [1.54, 1.807) is 0 Å². The Morgan fingerprint density at radius 3 is 2.33 bits per heavy atom. The molecular formula is C41H32N4O. The lowest BCUT2D eigenvalue weighted by Gasteiger charge is -2.20. The molecule has 0 bridgehead atoms. The molecule has 4 heterocycles. The molecule has 0 saturated carbocycles. The highest BCUT2D eigenvalue weighted by molar-refractivity contribution is 6.14. The lowest BCUT2D eigenvalue weighted by molar-refractivity contribution is 0.591. The molecule has 9 aromatic rings. The lowest BCUT2D eigenvalue weighted by Crippen LogP contribution is -2.11. The number of nitrogens with zero attached hydrogens (tertiary/aromatic N) is 3. The second-order valence-corrected chi connectivity index (χ2v) is 13.2. The molecule has 1 N–H and O–H groups in total. The number of pyridine rings is 1. The number of aryl methyl sites for hydroxylation is 1. The molecule has 46 heavy (non-hydrogen) atoms. The van der Waals surface area contributed by atoms with Gasteiger partial charge < -0.3 is 14.0 Å². The standard InChI is InChI=1S/C41H32N4O/c1-41(2,3)25-22-29-27-12-5-7-16-34(27)43-37(29)32(23-25)40-44-38-26(14-11-17-35(38)45(40)4)24-20-30-28-13-6-8-18-36(28)46-39(30)31(21-24)33-15-9-10-19-42-33/h5-23,43H,1-4H3. The maximum absolute atomic E-state index is 6.44. The van der Waals surface area contributed by atoms with Gasteiger partial charge in [-0.1, -0.05) is 75.4 Å². The number of aromatic nitrogens is 4. The quantitative estimate of drug-likeness (QED) is 0.221. The van der Waals surface area contributed by atoms with Gasteiger partial charge in [-0.15, -0.1) is 0 Å². The Labute approximate surface area is 266 Å². The summed E-state index contributed by atoms with van der Waals surface area (Å²) in [5.74, 6) is 0.935. The molecule has 0 aliphatic rings. The topological polar surface area (TPSA) is 59.6 Å². The van der Waals surface area contributed by atoms with Crippen molar-refractivity contribution in [3.8, 4) is 33.8 Å². The number of hydrogen-bond donors (Lipinski definition) is 1. The van der Waals surface area contributed by atoms with Gasteiger partial charge in [-0.05, 0) is 71.1 Å². The molecule has 0 amide bonds. The number of furan rings is 1. The summed E-state index contributed by atoms with van der Waals surface area (Å²) in [7, 11) is 2.12. The summed E-state index contributed by atoms with van der Waals surface area (Å²) in [6.45, 7) is 6.82. The van der Waals surface area contributed by atoms with Gasteiger partial charge in [0, 0.05) is 57.0 Å². The molecule has 0 radical (unpaired) electrons. The molecule has 0 atom stereocenters. The van der Waals surface area contributed by atoms with Crippen molar-refractivity contribution in [2.75, 3.05) is 0 Å². The third-order valence-corrected chi connectivity index (χ3v) is 9.36. The fourth-order valence-corrected chi connectivity index (χ4v) is 6.94. The number of nitrogens with one attached hydrogen (secondary N) is 1. The zero-order chi connectivity index (χ0) is 31.2. The van der Waals surface area contributed by atoms with Gasteiger partial charge in [0.2, 0.25) is 0 Å². The van der Waals surface area contributed by atoms with E-state index in [1.807, 2.05) is 36.5 Å². The van der Waals surface area contributed by atoms with E-state index in [2.05, 4.69) is 116 Å². The maximum atomic E-state index is 6.44. The first-order valence-corrected chi connectivity index (χ1v) is 15.7. The first kappa shape index (κ1) is 26.7. The number of imidazole rings is 1. The summed E-state index contributed by atoms with van der Waals surface area (Å²) in [6, 6.07) is 38.4. The maximum Gasteiger partial charge on any atom is 0.144 e. The minimum Gasteiger partial charge on any atom is -0.455 e. The van der Waals surface area contributed by atoms with Crippen molar-refractivity contribution < 1.29 is 4.42 Å². The van der Waals surface area contributed by atoms with Gasteiger partial charge in [0.1, 0.15) is 17.0 Å². The van der Waals surface area contributed by atoms with Crippen LogP contribution in [0.15, 0.2) is 120 Å². The highest BCUT2D eigenvalue weighted by Crippen LogP contribution is 2.42. The molecule has 5 heteroatoms. The van der Waals surface area contributed by atoms with Crippen molar-refractivity contribution in [2.24, 2.45) is 7.05 Å². The number of para-hydroxylation sites is 3. The molecule has 9 rings (SSSR count). The minimum absolute atomic E-state index is 0.0261. The van der Waals surface area contributed by atoms with Crippen LogP contribution in [0.1, 0.15) is 26.3 Å². The lowest BCUT2D eigenvalue weighted by atomic mass is 9.85. The Morgan fingerprint density at radius 2 is 1.50 bits per heavy atom. The second kappa shape index (κ2) is 9.66.